The second-order valence-corrected chi connectivity index (χ2v) is 7.81. The van der Waals surface area contributed by atoms with E-state index in [0.29, 0.717) is 5.54 Å². The van der Waals surface area contributed by atoms with Crippen molar-refractivity contribution in [3.05, 3.63) is 12.2 Å². The molecule has 0 amide bonds. The second-order valence-electron chi connectivity index (χ2n) is 7.81. The molecular formula is C18H29NO2. The first-order valence-electron chi connectivity index (χ1n) is 8.82. The molecule has 4 aliphatic rings. The molecule has 1 saturated carbocycles. The Morgan fingerprint density at radius 3 is 2.19 bits per heavy atom. The van der Waals surface area contributed by atoms with Crippen molar-refractivity contribution in [2.75, 3.05) is 26.3 Å². The van der Waals surface area contributed by atoms with Gasteiger partial charge in [-0.3, -0.25) is 4.90 Å². The van der Waals surface area contributed by atoms with Crippen molar-refractivity contribution in [1.82, 2.24) is 4.90 Å². The minimum atomic E-state index is -0.242. The van der Waals surface area contributed by atoms with Gasteiger partial charge in [-0.05, 0) is 64.0 Å². The van der Waals surface area contributed by atoms with Crippen LogP contribution < -0.4 is 0 Å². The highest BCUT2D eigenvalue weighted by Gasteiger charge is 2.60. The summed E-state index contributed by atoms with van der Waals surface area (Å²) in [6, 6.07) is 0. The van der Waals surface area contributed by atoms with Gasteiger partial charge in [-0.15, -0.1) is 6.58 Å². The van der Waals surface area contributed by atoms with Gasteiger partial charge in [0.05, 0.1) is 13.2 Å². The lowest BCUT2D eigenvalue weighted by molar-refractivity contribution is -0.244. The maximum atomic E-state index is 6.11. The molecule has 4 fully saturated rings. The largest absolute Gasteiger partial charge is 0.348 e. The molecule has 21 heavy (non-hydrogen) atoms. The fraction of sp³-hybridized carbons (Fsp3) is 0.889. The van der Waals surface area contributed by atoms with Gasteiger partial charge < -0.3 is 9.47 Å². The summed E-state index contributed by atoms with van der Waals surface area (Å²) in [5, 5.41) is 0. The normalized spacial score (nSPS) is 42.0. The zero-order valence-electron chi connectivity index (χ0n) is 13.4. The predicted molar refractivity (Wildman–Crippen MR) is 83.1 cm³/mol. The fourth-order valence-corrected chi connectivity index (χ4v) is 5.94. The molecule has 118 valence electrons. The van der Waals surface area contributed by atoms with Crippen LogP contribution in [0.3, 0.4) is 0 Å². The Kier molecular flexibility index (Phi) is 3.44. The number of ether oxygens (including phenoxy) is 2. The molecule has 3 saturated heterocycles. The third-order valence-electron chi connectivity index (χ3n) is 6.48. The van der Waals surface area contributed by atoms with Gasteiger partial charge in [0.2, 0.25) is 0 Å². The Bertz CT molecular complexity index is 405. The van der Waals surface area contributed by atoms with E-state index in [1.807, 2.05) is 0 Å². The van der Waals surface area contributed by atoms with Crippen molar-refractivity contribution in [2.24, 2.45) is 11.8 Å². The molecule has 0 aromatic rings. The van der Waals surface area contributed by atoms with E-state index in [4.69, 9.17) is 9.47 Å². The summed E-state index contributed by atoms with van der Waals surface area (Å²) in [5.74, 6) is 1.20. The van der Waals surface area contributed by atoms with Crippen LogP contribution in [0.25, 0.3) is 0 Å². The summed E-state index contributed by atoms with van der Waals surface area (Å²) in [7, 11) is 0. The van der Waals surface area contributed by atoms with Crippen LogP contribution in [0.4, 0.5) is 0 Å². The monoisotopic (exact) mass is 291 g/mol. The molecule has 0 aromatic carbocycles. The SMILES string of the molecule is C=C(C)CC12C3CCCN1CCCC2CC1(C3)OCCO1. The molecule has 3 heterocycles. The molecule has 3 nitrogen and oxygen atoms in total. The summed E-state index contributed by atoms with van der Waals surface area (Å²) in [4.78, 5) is 2.83. The Balaban J connectivity index is 1.71. The van der Waals surface area contributed by atoms with E-state index >= 15 is 0 Å². The van der Waals surface area contributed by atoms with Crippen LogP contribution in [0.2, 0.25) is 0 Å². The molecule has 1 aliphatic carbocycles. The van der Waals surface area contributed by atoms with Gasteiger partial charge in [0, 0.05) is 18.4 Å². The van der Waals surface area contributed by atoms with E-state index < -0.39 is 0 Å². The van der Waals surface area contributed by atoms with E-state index in [1.165, 1.54) is 50.8 Å². The lowest BCUT2D eigenvalue weighted by Gasteiger charge is -2.64. The van der Waals surface area contributed by atoms with E-state index in [1.54, 1.807) is 0 Å². The number of piperidine rings is 2. The van der Waals surface area contributed by atoms with Gasteiger partial charge >= 0.3 is 0 Å². The van der Waals surface area contributed by atoms with E-state index in [2.05, 4.69) is 18.4 Å². The molecule has 0 aromatic heterocycles. The van der Waals surface area contributed by atoms with Gasteiger partial charge in [-0.25, -0.2) is 0 Å². The molecule has 2 unspecified atom stereocenters. The van der Waals surface area contributed by atoms with Crippen molar-refractivity contribution in [1.29, 1.82) is 0 Å². The standard InChI is InChI=1S/C18H29NO2/c1-14(2)11-18-15-5-3-7-19(18)8-4-6-16(18)13-17(12-15)20-9-10-21-17/h15-16H,1,3-13H2,2H3. The first kappa shape index (κ1) is 14.2. The van der Waals surface area contributed by atoms with E-state index in [-0.39, 0.29) is 5.79 Å². The molecule has 3 aliphatic heterocycles. The maximum Gasteiger partial charge on any atom is 0.169 e. The van der Waals surface area contributed by atoms with Gasteiger partial charge in [-0.1, -0.05) is 5.57 Å². The summed E-state index contributed by atoms with van der Waals surface area (Å²) in [5.41, 5.74) is 1.71. The van der Waals surface area contributed by atoms with Crippen LogP contribution in [0.5, 0.6) is 0 Å². The molecule has 0 bridgehead atoms. The fourth-order valence-electron chi connectivity index (χ4n) is 5.94. The zero-order chi connectivity index (χ0) is 14.5. The predicted octanol–water partition coefficient (Wildman–Crippen LogP) is 3.35. The van der Waals surface area contributed by atoms with Crippen LogP contribution in [-0.2, 0) is 9.47 Å². The van der Waals surface area contributed by atoms with Crippen LogP contribution in [0.15, 0.2) is 12.2 Å². The van der Waals surface area contributed by atoms with Crippen molar-refractivity contribution in [2.45, 2.75) is 63.2 Å². The Morgan fingerprint density at radius 1 is 1.10 bits per heavy atom. The lowest BCUT2D eigenvalue weighted by atomic mass is 9.55. The van der Waals surface area contributed by atoms with Gasteiger partial charge in [-0.2, -0.15) is 0 Å². The zero-order valence-corrected chi connectivity index (χ0v) is 13.4. The minimum absolute atomic E-state index is 0.242. The highest BCUT2D eigenvalue weighted by Crippen LogP contribution is 2.57. The molecule has 3 heteroatoms. The summed E-state index contributed by atoms with van der Waals surface area (Å²) >= 11 is 0. The van der Waals surface area contributed by atoms with E-state index in [0.717, 1.165) is 37.9 Å². The number of hydrogen-bond donors (Lipinski definition) is 0. The summed E-state index contributed by atoms with van der Waals surface area (Å²) < 4.78 is 12.2. The highest BCUT2D eigenvalue weighted by atomic mass is 16.7. The van der Waals surface area contributed by atoms with Gasteiger partial charge in [0.1, 0.15) is 0 Å². The summed E-state index contributed by atoms with van der Waals surface area (Å²) in [6.07, 6.45) is 8.75. The van der Waals surface area contributed by atoms with Crippen LogP contribution in [0.1, 0.15) is 51.9 Å². The van der Waals surface area contributed by atoms with Crippen LogP contribution in [0, 0.1) is 11.8 Å². The average Bonchev–Trinajstić information content (AvgIpc) is 2.87. The van der Waals surface area contributed by atoms with Gasteiger partial charge in [0.15, 0.2) is 5.79 Å². The average molecular weight is 291 g/mol. The third kappa shape index (κ3) is 2.12. The molecule has 4 rings (SSSR count). The molecule has 0 N–H and O–H groups in total. The molecule has 2 atom stereocenters. The Hall–Kier alpha value is -0.380. The smallest absolute Gasteiger partial charge is 0.169 e. The molecule has 0 radical (unpaired) electrons. The van der Waals surface area contributed by atoms with E-state index in [9.17, 15) is 0 Å². The highest BCUT2D eigenvalue weighted by molar-refractivity contribution is 5.16. The number of nitrogens with zero attached hydrogens (tertiary/aromatic N) is 1. The lowest BCUT2D eigenvalue weighted by Crippen LogP contribution is -2.68. The van der Waals surface area contributed by atoms with Crippen molar-refractivity contribution in [3.8, 4) is 0 Å². The number of hydrogen-bond acceptors (Lipinski definition) is 3. The second kappa shape index (κ2) is 5.07. The van der Waals surface area contributed by atoms with Crippen LogP contribution in [-0.4, -0.2) is 42.5 Å². The first-order chi connectivity index (χ1) is 10.1. The minimum Gasteiger partial charge on any atom is -0.348 e. The maximum absolute atomic E-state index is 6.11. The first-order valence-corrected chi connectivity index (χ1v) is 8.82. The topological polar surface area (TPSA) is 21.7 Å². The Labute approximate surface area is 128 Å². The number of rotatable bonds is 2. The van der Waals surface area contributed by atoms with Crippen LogP contribution >= 0.6 is 0 Å². The molecule has 1 spiro atoms. The van der Waals surface area contributed by atoms with Gasteiger partial charge in [0.25, 0.3) is 0 Å². The molecular weight excluding hydrogens is 262 g/mol. The Morgan fingerprint density at radius 2 is 1.67 bits per heavy atom. The van der Waals surface area contributed by atoms with Crippen molar-refractivity contribution in [3.63, 3.8) is 0 Å². The third-order valence-corrected chi connectivity index (χ3v) is 6.48. The quantitative estimate of drug-likeness (QED) is 0.728. The van der Waals surface area contributed by atoms with Crippen molar-refractivity contribution >= 4 is 0 Å². The summed E-state index contributed by atoms with van der Waals surface area (Å²) in [6.45, 7) is 10.6. The van der Waals surface area contributed by atoms with Crippen molar-refractivity contribution < 1.29 is 9.47 Å².